The van der Waals surface area contributed by atoms with Gasteiger partial charge in [-0.15, -0.1) is 24.0 Å². The molecule has 2 unspecified atom stereocenters. The number of benzene rings is 1. The number of aliphatic imine (C=N–C) groups is 1. The van der Waals surface area contributed by atoms with E-state index in [1.807, 2.05) is 18.2 Å². The van der Waals surface area contributed by atoms with E-state index in [0.29, 0.717) is 0 Å². The Morgan fingerprint density at radius 2 is 2.11 bits per heavy atom. The van der Waals surface area contributed by atoms with Crippen LogP contribution in [0.5, 0.6) is 5.75 Å². The van der Waals surface area contributed by atoms with Gasteiger partial charge in [0.25, 0.3) is 0 Å². The van der Waals surface area contributed by atoms with Crippen molar-refractivity contribution in [3.8, 4) is 5.75 Å². The van der Waals surface area contributed by atoms with Crippen molar-refractivity contribution in [1.82, 2.24) is 15.5 Å². The van der Waals surface area contributed by atoms with E-state index < -0.39 is 0 Å². The number of hydrogen-bond acceptors (Lipinski definition) is 5. The van der Waals surface area contributed by atoms with Crippen molar-refractivity contribution in [2.75, 3.05) is 61.2 Å². The number of nitrogens with one attached hydrogen (secondary N) is 2. The van der Waals surface area contributed by atoms with Crippen LogP contribution >= 0.6 is 24.0 Å². The smallest absolute Gasteiger partial charge is 0.191 e. The summed E-state index contributed by atoms with van der Waals surface area (Å²) in [5.74, 6) is 1.69. The standard InChI is InChI=1S/C20H34N4O3.HI/c1-21-20(22-11-7-12-27-16-10-13-26-15-16)23-14-18(24(2)3)17-8-5-6-9-19(17)25-4;/h5-6,8-9,16,18H,7,10-15H2,1-4H3,(H2,21,22,23);1H. The molecule has 1 aromatic carbocycles. The lowest BCUT2D eigenvalue weighted by molar-refractivity contribution is 0.0420. The number of guanidine groups is 1. The molecule has 0 spiro atoms. The van der Waals surface area contributed by atoms with E-state index in [0.717, 1.165) is 63.0 Å². The van der Waals surface area contributed by atoms with Crippen molar-refractivity contribution in [3.05, 3.63) is 29.8 Å². The zero-order chi connectivity index (χ0) is 19.5. The monoisotopic (exact) mass is 506 g/mol. The molecule has 2 rings (SSSR count). The molecule has 1 saturated heterocycles. The van der Waals surface area contributed by atoms with Crippen LogP contribution in [0.4, 0.5) is 0 Å². The SMILES string of the molecule is CN=C(NCCCOC1CCOC1)NCC(c1ccccc1OC)N(C)C.I. The van der Waals surface area contributed by atoms with Gasteiger partial charge in [0.15, 0.2) is 5.96 Å². The highest BCUT2D eigenvalue weighted by Crippen LogP contribution is 2.27. The van der Waals surface area contributed by atoms with Crippen molar-refractivity contribution in [2.24, 2.45) is 4.99 Å². The highest BCUT2D eigenvalue weighted by atomic mass is 127. The summed E-state index contributed by atoms with van der Waals surface area (Å²) in [5.41, 5.74) is 1.15. The Kier molecular flexibility index (Phi) is 12.4. The van der Waals surface area contributed by atoms with E-state index in [2.05, 4.69) is 40.7 Å². The second kappa shape index (κ2) is 14.0. The summed E-state index contributed by atoms with van der Waals surface area (Å²) in [4.78, 5) is 6.49. The van der Waals surface area contributed by atoms with Crippen LogP contribution in [0.3, 0.4) is 0 Å². The Hall–Kier alpha value is -1.10. The third kappa shape index (κ3) is 8.10. The van der Waals surface area contributed by atoms with Crippen molar-refractivity contribution in [2.45, 2.75) is 25.0 Å². The summed E-state index contributed by atoms with van der Waals surface area (Å²) in [7, 11) is 7.63. The van der Waals surface area contributed by atoms with Crippen molar-refractivity contribution in [3.63, 3.8) is 0 Å². The minimum atomic E-state index is 0. The number of likely N-dealkylation sites (N-methyl/N-ethyl adjacent to an activating group) is 1. The predicted octanol–water partition coefficient (Wildman–Crippen LogP) is 2.28. The maximum Gasteiger partial charge on any atom is 0.191 e. The number of methoxy groups -OCH3 is 1. The molecule has 1 fully saturated rings. The van der Waals surface area contributed by atoms with Gasteiger partial charge in [-0.05, 0) is 33.0 Å². The topological polar surface area (TPSA) is 67.4 Å². The summed E-state index contributed by atoms with van der Waals surface area (Å²) in [6, 6.07) is 8.30. The van der Waals surface area contributed by atoms with Gasteiger partial charge < -0.3 is 29.7 Å². The van der Waals surface area contributed by atoms with Crippen LogP contribution in [-0.4, -0.2) is 78.1 Å². The van der Waals surface area contributed by atoms with Gasteiger partial charge in [-0.3, -0.25) is 4.99 Å². The third-order valence-corrected chi connectivity index (χ3v) is 4.66. The maximum atomic E-state index is 5.79. The molecule has 0 aromatic heterocycles. The molecule has 1 heterocycles. The zero-order valence-corrected chi connectivity index (χ0v) is 19.8. The Morgan fingerprint density at radius 1 is 1.32 bits per heavy atom. The van der Waals surface area contributed by atoms with Crippen LogP contribution < -0.4 is 15.4 Å². The van der Waals surface area contributed by atoms with Crippen LogP contribution in [0.2, 0.25) is 0 Å². The molecule has 160 valence electrons. The first-order chi connectivity index (χ1) is 13.2. The third-order valence-electron chi connectivity index (χ3n) is 4.66. The minimum absolute atomic E-state index is 0. The Labute approximate surface area is 186 Å². The molecule has 1 aliphatic rings. The summed E-state index contributed by atoms with van der Waals surface area (Å²) >= 11 is 0. The molecule has 8 heteroatoms. The lowest BCUT2D eigenvalue weighted by Crippen LogP contribution is -2.42. The van der Waals surface area contributed by atoms with Crippen molar-refractivity contribution < 1.29 is 14.2 Å². The molecule has 2 atom stereocenters. The van der Waals surface area contributed by atoms with Crippen LogP contribution in [0, 0.1) is 0 Å². The maximum absolute atomic E-state index is 5.79. The average Bonchev–Trinajstić information content (AvgIpc) is 3.19. The van der Waals surface area contributed by atoms with Gasteiger partial charge in [0.05, 0.1) is 25.9 Å². The average molecular weight is 506 g/mol. The summed E-state index contributed by atoms with van der Waals surface area (Å²) in [6.45, 7) is 3.82. The fraction of sp³-hybridized carbons (Fsp3) is 0.650. The van der Waals surface area contributed by atoms with E-state index in [9.17, 15) is 0 Å². The van der Waals surface area contributed by atoms with Crippen LogP contribution in [0.25, 0.3) is 0 Å². The van der Waals surface area contributed by atoms with E-state index in [4.69, 9.17) is 14.2 Å². The molecule has 7 nitrogen and oxygen atoms in total. The number of nitrogens with zero attached hydrogens (tertiary/aromatic N) is 2. The minimum Gasteiger partial charge on any atom is -0.496 e. The number of halogens is 1. The van der Waals surface area contributed by atoms with Gasteiger partial charge in [-0.2, -0.15) is 0 Å². The van der Waals surface area contributed by atoms with Gasteiger partial charge >= 0.3 is 0 Å². The summed E-state index contributed by atoms with van der Waals surface area (Å²) in [5, 5.41) is 6.76. The van der Waals surface area contributed by atoms with Gasteiger partial charge in [-0.25, -0.2) is 0 Å². The second-order valence-electron chi connectivity index (χ2n) is 6.81. The number of hydrogen-bond donors (Lipinski definition) is 2. The quantitative estimate of drug-likeness (QED) is 0.220. The van der Waals surface area contributed by atoms with Crippen molar-refractivity contribution >= 4 is 29.9 Å². The first-order valence-electron chi connectivity index (χ1n) is 9.59. The van der Waals surface area contributed by atoms with Gasteiger partial charge in [0.1, 0.15) is 5.75 Å². The van der Waals surface area contributed by atoms with E-state index >= 15 is 0 Å². The van der Waals surface area contributed by atoms with Crippen LogP contribution in [0.1, 0.15) is 24.4 Å². The largest absolute Gasteiger partial charge is 0.496 e. The Morgan fingerprint density at radius 3 is 2.75 bits per heavy atom. The number of ether oxygens (including phenoxy) is 3. The normalized spacial score (nSPS) is 17.9. The van der Waals surface area contributed by atoms with Crippen molar-refractivity contribution in [1.29, 1.82) is 0 Å². The zero-order valence-electron chi connectivity index (χ0n) is 17.4. The van der Waals surface area contributed by atoms with E-state index in [1.54, 1.807) is 14.2 Å². The molecule has 1 aromatic rings. The van der Waals surface area contributed by atoms with E-state index in [-0.39, 0.29) is 36.1 Å². The van der Waals surface area contributed by atoms with Crippen LogP contribution in [0.15, 0.2) is 29.3 Å². The van der Waals surface area contributed by atoms with Gasteiger partial charge in [0, 0.05) is 38.9 Å². The highest BCUT2D eigenvalue weighted by molar-refractivity contribution is 14.0. The fourth-order valence-corrected chi connectivity index (χ4v) is 3.10. The molecule has 2 N–H and O–H groups in total. The number of rotatable bonds is 10. The number of para-hydroxylation sites is 1. The van der Waals surface area contributed by atoms with Crippen LogP contribution in [-0.2, 0) is 9.47 Å². The molecule has 0 amide bonds. The molecule has 0 bridgehead atoms. The Balaban J connectivity index is 0.00000392. The first-order valence-corrected chi connectivity index (χ1v) is 9.59. The summed E-state index contributed by atoms with van der Waals surface area (Å²) in [6.07, 6.45) is 2.20. The Bertz CT molecular complexity index is 580. The molecule has 0 radical (unpaired) electrons. The fourth-order valence-electron chi connectivity index (χ4n) is 3.10. The molecule has 0 saturated carbocycles. The summed E-state index contributed by atoms with van der Waals surface area (Å²) < 4.78 is 16.6. The molecule has 0 aliphatic carbocycles. The van der Waals surface area contributed by atoms with Gasteiger partial charge in [0.2, 0.25) is 0 Å². The first kappa shape index (κ1) is 24.9. The lowest BCUT2D eigenvalue weighted by Gasteiger charge is -2.27. The van der Waals surface area contributed by atoms with E-state index in [1.165, 1.54) is 0 Å². The van der Waals surface area contributed by atoms with Gasteiger partial charge in [-0.1, -0.05) is 18.2 Å². The second-order valence-corrected chi connectivity index (χ2v) is 6.81. The molecular weight excluding hydrogens is 471 g/mol. The predicted molar refractivity (Wildman–Crippen MR) is 124 cm³/mol. The molecule has 28 heavy (non-hydrogen) atoms. The lowest BCUT2D eigenvalue weighted by atomic mass is 10.0. The highest BCUT2D eigenvalue weighted by Gasteiger charge is 2.18. The molecular formula is C20H35IN4O3. The molecule has 1 aliphatic heterocycles.